The van der Waals surface area contributed by atoms with E-state index in [0.29, 0.717) is 12.1 Å². The van der Waals surface area contributed by atoms with Gasteiger partial charge in [-0.3, -0.25) is 4.79 Å². The zero-order valence-electron chi connectivity index (χ0n) is 10.3. The fourth-order valence-electron chi connectivity index (χ4n) is 1.78. The van der Waals surface area contributed by atoms with Crippen LogP contribution in [0.3, 0.4) is 0 Å². The van der Waals surface area contributed by atoms with Crippen LogP contribution >= 0.6 is 0 Å². The van der Waals surface area contributed by atoms with Gasteiger partial charge in [0, 0.05) is 18.9 Å². The Morgan fingerprint density at radius 1 is 1.56 bits per heavy atom. The van der Waals surface area contributed by atoms with Crippen LogP contribution in [-0.2, 0) is 0 Å². The van der Waals surface area contributed by atoms with E-state index in [-0.39, 0.29) is 12.5 Å². The maximum atomic E-state index is 11.8. The van der Waals surface area contributed by atoms with Gasteiger partial charge in [0.15, 0.2) is 0 Å². The van der Waals surface area contributed by atoms with Gasteiger partial charge in [-0.05, 0) is 18.6 Å². The van der Waals surface area contributed by atoms with Gasteiger partial charge >= 0.3 is 0 Å². The Kier molecular flexibility index (Phi) is 3.94. The molecule has 5 heteroatoms. The molecule has 2 aromatic heterocycles. The van der Waals surface area contributed by atoms with Crippen molar-refractivity contribution in [2.45, 2.75) is 25.9 Å². The van der Waals surface area contributed by atoms with Gasteiger partial charge in [-0.2, -0.15) is 0 Å². The number of carbonyl (C=O) groups excluding carboxylic acids is 1. The van der Waals surface area contributed by atoms with Crippen molar-refractivity contribution in [3.63, 3.8) is 0 Å². The molecule has 1 unspecified atom stereocenters. The summed E-state index contributed by atoms with van der Waals surface area (Å²) in [7, 11) is 0. The molecule has 0 aliphatic heterocycles. The lowest BCUT2D eigenvalue weighted by Crippen LogP contribution is -2.32. The molecule has 2 rings (SSSR count). The first kappa shape index (κ1) is 12.6. The van der Waals surface area contributed by atoms with E-state index in [1.165, 1.54) is 0 Å². The van der Waals surface area contributed by atoms with Gasteiger partial charge in [-0.15, -0.1) is 0 Å². The van der Waals surface area contributed by atoms with Crippen LogP contribution in [0.1, 0.15) is 30.3 Å². The minimum absolute atomic E-state index is 0.256. The number of hydrogen-bond acceptors (Lipinski definition) is 3. The van der Waals surface area contributed by atoms with Crippen molar-refractivity contribution in [2.75, 3.05) is 6.54 Å². The molecule has 0 aliphatic rings. The number of aliphatic hydroxyl groups is 1. The molecular weight excluding hydrogens is 230 g/mol. The van der Waals surface area contributed by atoms with Gasteiger partial charge in [0.05, 0.1) is 6.10 Å². The highest BCUT2D eigenvalue weighted by molar-refractivity contribution is 5.92. The van der Waals surface area contributed by atoms with Gasteiger partial charge in [-0.25, -0.2) is 4.98 Å². The van der Waals surface area contributed by atoms with Gasteiger partial charge in [-0.1, -0.05) is 19.4 Å². The lowest BCUT2D eigenvalue weighted by atomic mass is 10.2. The summed E-state index contributed by atoms with van der Waals surface area (Å²) in [5.74, 6) is -0.256. The Labute approximate surface area is 105 Å². The maximum absolute atomic E-state index is 11.8. The Bertz CT molecular complexity index is 503. The number of carbonyl (C=O) groups is 1. The number of imidazole rings is 1. The Morgan fingerprint density at radius 3 is 3.11 bits per heavy atom. The van der Waals surface area contributed by atoms with E-state index >= 15 is 0 Å². The molecule has 0 bridgehead atoms. The van der Waals surface area contributed by atoms with Crippen LogP contribution < -0.4 is 5.32 Å². The van der Waals surface area contributed by atoms with Crippen LogP contribution in [-0.4, -0.2) is 33.0 Å². The van der Waals surface area contributed by atoms with Crippen molar-refractivity contribution in [1.29, 1.82) is 0 Å². The first-order valence-corrected chi connectivity index (χ1v) is 6.10. The van der Waals surface area contributed by atoms with Crippen molar-refractivity contribution in [3.05, 3.63) is 36.3 Å². The largest absolute Gasteiger partial charge is 0.391 e. The summed E-state index contributed by atoms with van der Waals surface area (Å²) < 4.78 is 1.79. The van der Waals surface area contributed by atoms with Crippen LogP contribution in [0.4, 0.5) is 0 Å². The number of amides is 1. The zero-order valence-corrected chi connectivity index (χ0v) is 10.3. The summed E-state index contributed by atoms with van der Waals surface area (Å²) in [6.07, 6.45) is 4.61. The van der Waals surface area contributed by atoms with Crippen molar-refractivity contribution in [1.82, 2.24) is 14.7 Å². The molecule has 1 atom stereocenters. The fraction of sp³-hybridized carbons (Fsp3) is 0.385. The molecule has 0 aliphatic carbocycles. The normalized spacial score (nSPS) is 12.6. The molecule has 1 amide bonds. The van der Waals surface area contributed by atoms with E-state index in [4.69, 9.17) is 0 Å². The van der Waals surface area contributed by atoms with Gasteiger partial charge in [0.25, 0.3) is 5.91 Å². The molecule has 0 spiro atoms. The number of pyridine rings is 1. The molecule has 5 nitrogen and oxygen atoms in total. The number of nitrogens with one attached hydrogen (secondary N) is 1. The SMILES string of the molecule is CCCC(O)CNC(=O)c1cn2ccccc2n1. The standard InChI is InChI=1S/C13H17N3O2/c1-2-5-10(17)8-14-13(18)11-9-16-7-4-3-6-12(16)15-11/h3-4,6-7,9-10,17H,2,5,8H2,1H3,(H,14,18). The highest BCUT2D eigenvalue weighted by atomic mass is 16.3. The molecule has 0 saturated heterocycles. The van der Waals surface area contributed by atoms with Crippen LogP contribution in [0.25, 0.3) is 5.65 Å². The molecule has 0 radical (unpaired) electrons. The summed E-state index contributed by atoms with van der Waals surface area (Å²) in [5.41, 5.74) is 1.10. The van der Waals surface area contributed by atoms with Crippen LogP contribution in [0.15, 0.2) is 30.6 Å². The monoisotopic (exact) mass is 247 g/mol. The lowest BCUT2D eigenvalue weighted by molar-refractivity contribution is 0.0906. The first-order chi connectivity index (χ1) is 8.70. The number of hydrogen-bond donors (Lipinski definition) is 2. The highest BCUT2D eigenvalue weighted by Crippen LogP contribution is 2.04. The van der Waals surface area contributed by atoms with Gasteiger partial charge in [0.1, 0.15) is 11.3 Å². The Hall–Kier alpha value is -1.88. The Balaban J connectivity index is 2.00. The maximum Gasteiger partial charge on any atom is 0.271 e. The second kappa shape index (κ2) is 5.64. The summed E-state index contributed by atoms with van der Waals surface area (Å²) in [5, 5.41) is 12.2. The summed E-state index contributed by atoms with van der Waals surface area (Å²) in [6, 6.07) is 5.58. The van der Waals surface area contributed by atoms with Crippen molar-refractivity contribution >= 4 is 11.6 Å². The second-order valence-corrected chi connectivity index (χ2v) is 4.24. The smallest absolute Gasteiger partial charge is 0.271 e. The number of aromatic nitrogens is 2. The molecule has 2 N–H and O–H groups in total. The summed E-state index contributed by atoms with van der Waals surface area (Å²) in [4.78, 5) is 16.0. The van der Waals surface area contributed by atoms with Gasteiger partial charge in [0.2, 0.25) is 0 Å². The lowest BCUT2D eigenvalue weighted by Gasteiger charge is -2.09. The van der Waals surface area contributed by atoms with E-state index in [1.807, 2.05) is 31.3 Å². The van der Waals surface area contributed by atoms with E-state index in [0.717, 1.165) is 12.1 Å². The van der Waals surface area contributed by atoms with Crippen LogP contribution in [0, 0.1) is 0 Å². The van der Waals surface area contributed by atoms with Crippen LogP contribution in [0.2, 0.25) is 0 Å². The average molecular weight is 247 g/mol. The van der Waals surface area contributed by atoms with E-state index in [1.54, 1.807) is 10.6 Å². The third-order valence-corrected chi connectivity index (χ3v) is 2.72. The van der Waals surface area contributed by atoms with E-state index < -0.39 is 6.10 Å². The van der Waals surface area contributed by atoms with Crippen molar-refractivity contribution < 1.29 is 9.90 Å². The minimum atomic E-state index is -0.490. The zero-order chi connectivity index (χ0) is 13.0. The summed E-state index contributed by atoms with van der Waals surface area (Å²) in [6.45, 7) is 2.26. The second-order valence-electron chi connectivity index (χ2n) is 4.24. The number of rotatable bonds is 5. The molecule has 0 fully saturated rings. The van der Waals surface area contributed by atoms with E-state index in [9.17, 15) is 9.90 Å². The average Bonchev–Trinajstić information content (AvgIpc) is 2.80. The van der Waals surface area contributed by atoms with Gasteiger partial charge < -0.3 is 14.8 Å². The molecule has 18 heavy (non-hydrogen) atoms. The molecule has 2 aromatic rings. The van der Waals surface area contributed by atoms with Crippen molar-refractivity contribution in [3.8, 4) is 0 Å². The summed E-state index contributed by atoms with van der Waals surface area (Å²) >= 11 is 0. The predicted octanol–water partition coefficient (Wildman–Crippen LogP) is 1.23. The topological polar surface area (TPSA) is 66.6 Å². The fourth-order valence-corrected chi connectivity index (χ4v) is 1.78. The van der Waals surface area contributed by atoms with E-state index in [2.05, 4.69) is 10.3 Å². The number of nitrogens with zero attached hydrogens (tertiary/aromatic N) is 2. The molecule has 0 aromatic carbocycles. The quantitative estimate of drug-likeness (QED) is 0.835. The molecule has 96 valence electrons. The highest BCUT2D eigenvalue weighted by Gasteiger charge is 2.11. The Morgan fingerprint density at radius 2 is 2.39 bits per heavy atom. The molecular formula is C13H17N3O2. The third kappa shape index (κ3) is 2.87. The first-order valence-electron chi connectivity index (χ1n) is 6.10. The number of aliphatic hydroxyl groups excluding tert-OH is 1. The minimum Gasteiger partial charge on any atom is -0.391 e. The third-order valence-electron chi connectivity index (χ3n) is 2.72. The molecule has 2 heterocycles. The van der Waals surface area contributed by atoms with Crippen molar-refractivity contribution in [2.24, 2.45) is 0 Å². The number of fused-ring (bicyclic) bond motifs is 1. The van der Waals surface area contributed by atoms with Crippen LogP contribution in [0.5, 0.6) is 0 Å². The predicted molar refractivity (Wildman–Crippen MR) is 68.4 cm³/mol. The molecule has 0 saturated carbocycles.